The molecule has 0 spiro atoms. The van der Waals surface area contributed by atoms with E-state index < -0.39 is 6.10 Å². The molecule has 0 saturated heterocycles. The molecule has 0 aliphatic rings. The highest BCUT2D eigenvalue weighted by atomic mass is 32.1. The van der Waals surface area contributed by atoms with E-state index in [0.717, 1.165) is 11.7 Å². The Morgan fingerprint density at radius 1 is 1.58 bits per heavy atom. The van der Waals surface area contributed by atoms with Crippen LogP contribution < -0.4 is 15.4 Å². The summed E-state index contributed by atoms with van der Waals surface area (Å²) in [6.45, 7) is 1.62. The quantitative estimate of drug-likeness (QED) is 0.539. The molecule has 2 amide bonds. The summed E-state index contributed by atoms with van der Waals surface area (Å²) < 4.78 is 12.8. The Labute approximate surface area is 116 Å². The van der Waals surface area contributed by atoms with Gasteiger partial charge in [0.2, 0.25) is 5.88 Å². The van der Waals surface area contributed by atoms with Crippen LogP contribution in [-0.2, 0) is 0 Å². The smallest absolute Gasteiger partial charge is 0.316 e. The molecule has 0 bridgehead atoms. The zero-order chi connectivity index (χ0) is 14.1. The molecule has 108 valence electrons. The number of nitrogens with one attached hydrogen (secondary N) is 2. The summed E-state index contributed by atoms with van der Waals surface area (Å²) in [5.74, 6) is 0.419. The van der Waals surface area contributed by atoms with Crippen LogP contribution in [-0.4, -0.2) is 71.2 Å². The van der Waals surface area contributed by atoms with Crippen molar-refractivity contribution in [2.75, 3.05) is 40.3 Å². The first kappa shape index (κ1) is 15.6. The fourth-order valence-electron chi connectivity index (χ4n) is 1.14. The molecule has 0 aliphatic heterocycles. The second kappa shape index (κ2) is 8.62. The highest BCUT2D eigenvalue weighted by Gasteiger charge is 2.06. The largest absolute Gasteiger partial charge is 0.473 e. The van der Waals surface area contributed by atoms with Gasteiger partial charge in [-0.3, -0.25) is 0 Å². The lowest BCUT2D eigenvalue weighted by molar-refractivity contribution is 0.104. The van der Waals surface area contributed by atoms with Gasteiger partial charge in [0.25, 0.3) is 0 Å². The molecule has 1 rings (SSSR count). The highest BCUT2D eigenvalue weighted by molar-refractivity contribution is 6.99. The molecule has 0 fully saturated rings. The number of aromatic nitrogens is 2. The average molecular weight is 289 g/mol. The van der Waals surface area contributed by atoms with Gasteiger partial charge < -0.3 is 25.4 Å². The first-order valence-corrected chi connectivity index (χ1v) is 6.57. The summed E-state index contributed by atoms with van der Waals surface area (Å²) in [6.07, 6.45) is 0.868. The van der Waals surface area contributed by atoms with E-state index >= 15 is 0 Å². The molecule has 19 heavy (non-hydrogen) atoms. The zero-order valence-corrected chi connectivity index (χ0v) is 11.8. The maximum Gasteiger partial charge on any atom is 0.316 e. The first-order chi connectivity index (χ1) is 9.09. The Balaban J connectivity index is 1.98. The minimum atomic E-state index is -0.633. The molecule has 1 aromatic rings. The lowest BCUT2D eigenvalue weighted by Crippen LogP contribution is -2.40. The van der Waals surface area contributed by atoms with Gasteiger partial charge in [0, 0.05) is 33.7 Å². The van der Waals surface area contributed by atoms with Gasteiger partial charge in [-0.25, -0.2) is 4.79 Å². The van der Waals surface area contributed by atoms with Crippen LogP contribution in [0.15, 0.2) is 6.20 Å². The molecule has 1 aromatic heterocycles. The van der Waals surface area contributed by atoms with Gasteiger partial charge in [-0.05, 0) is 0 Å². The third-order valence-corrected chi connectivity index (χ3v) is 2.59. The van der Waals surface area contributed by atoms with E-state index in [1.807, 2.05) is 0 Å². The third kappa shape index (κ3) is 6.89. The van der Waals surface area contributed by atoms with Crippen LogP contribution in [0.1, 0.15) is 0 Å². The predicted octanol–water partition coefficient (Wildman–Crippen LogP) is -0.861. The molecule has 9 heteroatoms. The molecule has 1 heterocycles. The van der Waals surface area contributed by atoms with Gasteiger partial charge in [-0.2, -0.15) is 4.37 Å². The first-order valence-electron chi connectivity index (χ1n) is 5.84. The lowest BCUT2D eigenvalue weighted by atomic mass is 10.4. The number of nitrogens with zero attached hydrogens (tertiary/aromatic N) is 3. The number of rotatable bonds is 8. The second-order valence-electron chi connectivity index (χ2n) is 4.04. The van der Waals surface area contributed by atoms with Crippen molar-refractivity contribution in [3.8, 4) is 5.88 Å². The number of carbonyl (C=O) groups excluding carboxylic acids is 1. The molecule has 0 aromatic carbocycles. The Kier molecular flexibility index (Phi) is 7.08. The van der Waals surface area contributed by atoms with Crippen molar-refractivity contribution < 1.29 is 14.6 Å². The number of ether oxygens (including phenoxy) is 1. The molecule has 0 radical (unpaired) electrons. The maximum absolute atomic E-state index is 11.2. The standard InChI is InChI=1S/C10H19N5O3S/c1-15(2)10(17)12-4-3-11-5-8(16)7-18-9-6-13-19-14-9/h6,8,11,16H,3-5,7H2,1-2H3,(H,12,17). The Morgan fingerprint density at radius 3 is 3.00 bits per heavy atom. The number of aliphatic hydroxyl groups is 1. The van der Waals surface area contributed by atoms with Gasteiger partial charge in [0.15, 0.2) is 0 Å². The fourth-order valence-corrected chi connectivity index (χ4v) is 1.51. The van der Waals surface area contributed by atoms with E-state index in [0.29, 0.717) is 25.5 Å². The fraction of sp³-hybridized carbons (Fsp3) is 0.700. The topological polar surface area (TPSA) is 99.6 Å². The summed E-state index contributed by atoms with van der Waals surface area (Å²) in [5, 5.41) is 15.3. The molecular weight excluding hydrogens is 270 g/mol. The van der Waals surface area contributed by atoms with E-state index in [4.69, 9.17) is 4.74 Å². The van der Waals surface area contributed by atoms with Crippen LogP contribution in [0.5, 0.6) is 5.88 Å². The lowest BCUT2D eigenvalue weighted by Gasteiger charge is -2.14. The molecular formula is C10H19N5O3S. The Bertz CT molecular complexity index is 360. The predicted molar refractivity (Wildman–Crippen MR) is 71.4 cm³/mol. The molecule has 8 nitrogen and oxygen atoms in total. The number of hydrogen-bond acceptors (Lipinski definition) is 7. The number of amides is 2. The van der Waals surface area contributed by atoms with Gasteiger partial charge in [0.1, 0.15) is 18.9 Å². The normalized spacial score (nSPS) is 11.9. The van der Waals surface area contributed by atoms with Crippen molar-refractivity contribution >= 4 is 17.8 Å². The number of aliphatic hydroxyl groups excluding tert-OH is 1. The zero-order valence-electron chi connectivity index (χ0n) is 11.0. The molecule has 0 aliphatic carbocycles. The van der Waals surface area contributed by atoms with E-state index in [9.17, 15) is 9.90 Å². The summed E-state index contributed by atoms with van der Waals surface area (Å²) >= 11 is 1.05. The van der Waals surface area contributed by atoms with E-state index in [-0.39, 0.29) is 12.6 Å². The summed E-state index contributed by atoms with van der Waals surface area (Å²) in [7, 11) is 3.36. The molecule has 0 saturated carbocycles. The van der Waals surface area contributed by atoms with Crippen molar-refractivity contribution in [3.05, 3.63) is 6.20 Å². The van der Waals surface area contributed by atoms with Crippen molar-refractivity contribution in [3.63, 3.8) is 0 Å². The van der Waals surface area contributed by atoms with Crippen LogP contribution in [0.25, 0.3) is 0 Å². The Morgan fingerprint density at radius 2 is 2.37 bits per heavy atom. The van der Waals surface area contributed by atoms with Crippen LogP contribution in [0.3, 0.4) is 0 Å². The SMILES string of the molecule is CN(C)C(=O)NCCNCC(O)COc1cnsn1. The van der Waals surface area contributed by atoms with E-state index in [2.05, 4.69) is 19.4 Å². The van der Waals surface area contributed by atoms with E-state index in [1.165, 1.54) is 11.1 Å². The maximum atomic E-state index is 11.2. The highest BCUT2D eigenvalue weighted by Crippen LogP contribution is 2.04. The molecule has 1 atom stereocenters. The van der Waals surface area contributed by atoms with Crippen molar-refractivity contribution in [1.82, 2.24) is 24.3 Å². The second-order valence-corrected chi connectivity index (χ2v) is 4.60. The third-order valence-electron chi connectivity index (χ3n) is 2.13. The number of carbonyl (C=O) groups is 1. The van der Waals surface area contributed by atoms with Crippen LogP contribution in [0.4, 0.5) is 4.79 Å². The monoisotopic (exact) mass is 289 g/mol. The average Bonchev–Trinajstić information content (AvgIpc) is 2.88. The van der Waals surface area contributed by atoms with Crippen molar-refractivity contribution in [2.24, 2.45) is 0 Å². The minimum absolute atomic E-state index is 0.137. The van der Waals surface area contributed by atoms with Gasteiger partial charge >= 0.3 is 6.03 Å². The van der Waals surface area contributed by atoms with Gasteiger partial charge in [0.05, 0.1) is 11.7 Å². The van der Waals surface area contributed by atoms with Crippen LogP contribution >= 0.6 is 11.7 Å². The minimum Gasteiger partial charge on any atom is -0.473 e. The van der Waals surface area contributed by atoms with Crippen molar-refractivity contribution in [1.29, 1.82) is 0 Å². The van der Waals surface area contributed by atoms with Gasteiger partial charge in [-0.15, -0.1) is 4.37 Å². The van der Waals surface area contributed by atoms with Crippen LogP contribution in [0.2, 0.25) is 0 Å². The summed E-state index contributed by atoms with van der Waals surface area (Å²) in [6, 6.07) is -0.137. The molecule has 3 N–H and O–H groups in total. The van der Waals surface area contributed by atoms with Crippen LogP contribution in [0, 0.1) is 0 Å². The van der Waals surface area contributed by atoms with E-state index in [1.54, 1.807) is 14.1 Å². The summed E-state index contributed by atoms with van der Waals surface area (Å²) in [4.78, 5) is 12.6. The Hall–Kier alpha value is -1.45. The van der Waals surface area contributed by atoms with Gasteiger partial charge in [-0.1, -0.05) is 0 Å². The van der Waals surface area contributed by atoms with Crippen molar-refractivity contribution in [2.45, 2.75) is 6.10 Å². The molecule has 1 unspecified atom stereocenters. The summed E-state index contributed by atoms with van der Waals surface area (Å²) in [5.41, 5.74) is 0. The number of hydrogen-bond donors (Lipinski definition) is 3. The number of urea groups is 1.